The standard InChI is InChI=1S/C15H15N5O2/c1-8-5-4-6-20-12(8)18-13-10(15(20)22)7-9(14(21)17-2)11(16)19(13)3/h4-7,16H,1-3H3,(H,17,21)/p+1. The number of carbonyl (C=O) groups is 1. The van der Waals surface area contributed by atoms with Gasteiger partial charge in [-0.3, -0.25) is 14.0 Å². The lowest BCUT2D eigenvalue weighted by Gasteiger charge is -2.08. The third kappa shape index (κ3) is 1.82. The molecule has 7 heteroatoms. The molecule has 3 aromatic rings. The minimum atomic E-state index is -0.344. The molecular weight excluding hydrogens is 282 g/mol. The van der Waals surface area contributed by atoms with Crippen LogP contribution in [-0.2, 0) is 7.05 Å². The van der Waals surface area contributed by atoms with Gasteiger partial charge < -0.3 is 11.1 Å². The summed E-state index contributed by atoms with van der Waals surface area (Å²) in [5, 5.41) is 2.86. The molecule has 0 aliphatic carbocycles. The zero-order valence-electron chi connectivity index (χ0n) is 12.5. The fraction of sp³-hybridized carbons (Fsp3) is 0.200. The number of nitrogens with zero attached hydrogens (tertiary/aromatic N) is 3. The van der Waals surface area contributed by atoms with Crippen molar-refractivity contribution >= 4 is 28.4 Å². The highest BCUT2D eigenvalue weighted by molar-refractivity contribution is 6.00. The fourth-order valence-corrected chi connectivity index (χ4v) is 2.51. The zero-order chi connectivity index (χ0) is 16.0. The number of hydrogen-bond acceptors (Lipinski definition) is 4. The van der Waals surface area contributed by atoms with Gasteiger partial charge >= 0.3 is 0 Å². The molecule has 0 spiro atoms. The molecule has 0 fully saturated rings. The first-order valence-electron chi connectivity index (χ1n) is 6.78. The van der Waals surface area contributed by atoms with Crippen LogP contribution in [0.4, 0.5) is 5.82 Å². The van der Waals surface area contributed by atoms with E-state index in [1.807, 2.05) is 13.0 Å². The highest BCUT2D eigenvalue weighted by atomic mass is 16.1. The molecule has 3 aromatic heterocycles. The Balaban J connectivity index is 2.55. The summed E-state index contributed by atoms with van der Waals surface area (Å²) >= 11 is 0. The van der Waals surface area contributed by atoms with Crippen LogP contribution in [-0.4, -0.2) is 22.3 Å². The van der Waals surface area contributed by atoms with Crippen molar-refractivity contribution in [1.82, 2.24) is 14.7 Å². The Bertz CT molecular complexity index is 991. The molecule has 7 nitrogen and oxygen atoms in total. The molecule has 3 N–H and O–H groups in total. The first-order chi connectivity index (χ1) is 10.5. The molecule has 0 aliphatic heterocycles. The van der Waals surface area contributed by atoms with Crippen molar-refractivity contribution in [3.8, 4) is 0 Å². The Kier molecular flexibility index (Phi) is 3.05. The van der Waals surface area contributed by atoms with Crippen molar-refractivity contribution in [2.45, 2.75) is 6.92 Å². The number of nitrogens with two attached hydrogens (primary N) is 1. The Hall–Kier alpha value is -2.96. The molecule has 0 saturated carbocycles. The lowest BCUT2D eigenvalue weighted by atomic mass is 10.2. The van der Waals surface area contributed by atoms with Crippen LogP contribution in [0.3, 0.4) is 0 Å². The van der Waals surface area contributed by atoms with Crippen LogP contribution >= 0.6 is 0 Å². The van der Waals surface area contributed by atoms with E-state index in [0.717, 1.165) is 5.56 Å². The predicted octanol–water partition coefficient (Wildman–Crippen LogP) is -0.0776. The monoisotopic (exact) mass is 298 g/mol. The predicted molar refractivity (Wildman–Crippen MR) is 82.7 cm³/mol. The molecule has 22 heavy (non-hydrogen) atoms. The minimum absolute atomic E-state index is 0.232. The van der Waals surface area contributed by atoms with E-state index in [1.54, 1.807) is 23.9 Å². The van der Waals surface area contributed by atoms with E-state index in [9.17, 15) is 9.59 Å². The van der Waals surface area contributed by atoms with Gasteiger partial charge in [0.05, 0.1) is 7.05 Å². The number of nitrogens with one attached hydrogen (secondary N) is 1. The van der Waals surface area contributed by atoms with E-state index in [2.05, 4.69) is 10.3 Å². The first kappa shape index (κ1) is 14.0. The number of fused-ring (bicyclic) bond motifs is 2. The lowest BCUT2D eigenvalue weighted by Crippen LogP contribution is -2.39. The van der Waals surface area contributed by atoms with E-state index in [4.69, 9.17) is 5.73 Å². The molecule has 3 heterocycles. The molecule has 0 radical (unpaired) electrons. The fourth-order valence-electron chi connectivity index (χ4n) is 2.51. The third-order valence-electron chi connectivity index (χ3n) is 3.78. The maximum atomic E-state index is 12.7. The summed E-state index contributed by atoms with van der Waals surface area (Å²) < 4.78 is 3.04. The van der Waals surface area contributed by atoms with E-state index in [0.29, 0.717) is 16.7 Å². The molecule has 0 atom stereocenters. The van der Waals surface area contributed by atoms with E-state index < -0.39 is 0 Å². The summed E-state index contributed by atoms with van der Waals surface area (Å²) in [6, 6.07) is 5.16. The van der Waals surface area contributed by atoms with E-state index >= 15 is 0 Å². The molecule has 0 aliphatic rings. The van der Waals surface area contributed by atoms with Crippen LogP contribution in [0, 0.1) is 6.92 Å². The summed E-state index contributed by atoms with van der Waals surface area (Å²) in [6.07, 6.45) is 1.66. The van der Waals surface area contributed by atoms with Crippen LogP contribution in [0.2, 0.25) is 0 Å². The van der Waals surface area contributed by atoms with Crippen LogP contribution in [0.5, 0.6) is 0 Å². The maximum absolute atomic E-state index is 12.7. The first-order valence-corrected chi connectivity index (χ1v) is 6.78. The minimum Gasteiger partial charge on any atom is -0.355 e. The maximum Gasteiger partial charge on any atom is 0.278 e. The van der Waals surface area contributed by atoms with Crippen molar-refractivity contribution in [1.29, 1.82) is 0 Å². The van der Waals surface area contributed by atoms with Crippen LogP contribution in [0.15, 0.2) is 29.2 Å². The number of aromatic nitrogens is 3. The molecular formula is C15H16N5O2+. The molecule has 0 aromatic carbocycles. The Morgan fingerprint density at radius 1 is 1.45 bits per heavy atom. The van der Waals surface area contributed by atoms with Gasteiger partial charge in [-0.2, -0.15) is 0 Å². The number of anilines is 1. The van der Waals surface area contributed by atoms with Crippen LogP contribution < -0.4 is 21.2 Å². The smallest absolute Gasteiger partial charge is 0.278 e. The van der Waals surface area contributed by atoms with Gasteiger partial charge in [-0.15, -0.1) is 0 Å². The number of amides is 1. The van der Waals surface area contributed by atoms with Gasteiger partial charge in [0.15, 0.2) is 0 Å². The summed E-state index contributed by atoms with van der Waals surface area (Å²) in [5.41, 5.74) is 7.94. The summed E-state index contributed by atoms with van der Waals surface area (Å²) in [4.78, 5) is 29.2. The average Bonchev–Trinajstić information content (AvgIpc) is 2.52. The number of hydrogen-bond donors (Lipinski definition) is 2. The lowest BCUT2D eigenvalue weighted by molar-refractivity contribution is -0.632. The summed E-state index contributed by atoms with van der Waals surface area (Å²) in [6.45, 7) is 1.88. The van der Waals surface area contributed by atoms with Gasteiger partial charge in [0.2, 0.25) is 11.5 Å². The second-order valence-corrected chi connectivity index (χ2v) is 5.12. The molecule has 0 saturated heterocycles. The van der Waals surface area contributed by atoms with Gasteiger partial charge in [-0.1, -0.05) is 11.1 Å². The van der Waals surface area contributed by atoms with E-state index in [-0.39, 0.29) is 22.8 Å². The Morgan fingerprint density at radius 3 is 2.86 bits per heavy atom. The number of rotatable bonds is 1. The zero-order valence-corrected chi connectivity index (χ0v) is 12.5. The average molecular weight is 298 g/mol. The van der Waals surface area contributed by atoms with Crippen molar-refractivity contribution in [3.05, 3.63) is 45.9 Å². The van der Waals surface area contributed by atoms with Crippen molar-refractivity contribution in [2.24, 2.45) is 7.05 Å². The SMILES string of the molecule is CNC(=O)c1cc2c(=O)n3cccc(C)c3nc2[n+](C)c1N. The van der Waals surface area contributed by atoms with Crippen molar-refractivity contribution in [3.63, 3.8) is 0 Å². The number of pyridine rings is 2. The molecule has 0 bridgehead atoms. The topological polar surface area (TPSA) is 93.4 Å². The number of nitrogen functional groups attached to an aromatic ring is 1. The normalized spacial score (nSPS) is 11.0. The molecule has 0 unspecified atom stereocenters. The van der Waals surface area contributed by atoms with Crippen LogP contribution in [0.25, 0.3) is 16.7 Å². The van der Waals surface area contributed by atoms with Gasteiger partial charge in [0.25, 0.3) is 17.1 Å². The van der Waals surface area contributed by atoms with Crippen molar-refractivity contribution < 1.29 is 9.36 Å². The molecule has 112 valence electrons. The van der Waals surface area contributed by atoms with E-state index in [1.165, 1.54) is 17.5 Å². The number of carbonyl (C=O) groups excluding carboxylic acids is 1. The Labute approximate surface area is 126 Å². The third-order valence-corrected chi connectivity index (χ3v) is 3.78. The molecule has 3 rings (SSSR count). The quantitative estimate of drug-likeness (QED) is 0.485. The van der Waals surface area contributed by atoms with Gasteiger partial charge in [0, 0.05) is 18.8 Å². The second kappa shape index (κ2) is 4.80. The molecule has 1 amide bonds. The summed E-state index contributed by atoms with van der Waals surface area (Å²) in [7, 11) is 3.20. The van der Waals surface area contributed by atoms with Crippen LogP contribution in [0.1, 0.15) is 15.9 Å². The second-order valence-electron chi connectivity index (χ2n) is 5.12. The number of aryl methyl sites for hydroxylation is 2. The Morgan fingerprint density at radius 2 is 2.18 bits per heavy atom. The van der Waals surface area contributed by atoms with Gasteiger partial charge in [-0.05, 0) is 19.1 Å². The summed E-state index contributed by atoms with van der Waals surface area (Å²) in [5.74, 6) is -0.0829. The highest BCUT2D eigenvalue weighted by Gasteiger charge is 2.22. The van der Waals surface area contributed by atoms with Crippen molar-refractivity contribution in [2.75, 3.05) is 12.8 Å². The highest BCUT2D eigenvalue weighted by Crippen LogP contribution is 2.14. The largest absolute Gasteiger partial charge is 0.355 e. The van der Waals surface area contributed by atoms with Gasteiger partial charge in [0.1, 0.15) is 10.9 Å². The van der Waals surface area contributed by atoms with Gasteiger partial charge in [-0.25, -0.2) is 4.57 Å².